The molecule has 1 rings (SSSR count). The Bertz CT molecular complexity index is 356. The van der Waals surface area contributed by atoms with Crippen molar-refractivity contribution in [3.63, 3.8) is 0 Å². The number of carboxylic acid groups (broad SMARTS) is 1. The largest absolute Gasteiger partial charge is 0.475 e. The zero-order valence-corrected chi connectivity index (χ0v) is 6.91. The topological polar surface area (TPSA) is 76.5 Å². The van der Waals surface area contributed by atoms with Crippen LogP contribution in [-0.4, -0.2) is 17.6 Å². The number of hydrogen-bond donors (Lipinski definition) is 2. The van der Waals surface area contributed by atoms with Crippen molar-refractivity contribution in [3.05, 3.63) is 23.7 Å². The molecule has 1 aromatic rings. The molecule has 0 aromatic carbocycles. The Kier molecular flexibility index (Phi) is 3.12. The molecule has 0 saturated carbocycles. The van der Waals surface area contributed by atoms with Gasteiger partial charge < -0.3 is 15.3 Å². The standard InChI is InChI=1S/C9H9NO3/c10-6-2-1-3-7-4-5-8(13-7)9(11)12/h4-5H,2,6,10H2,(H,11,12). The summed E-state index contributed by atoms with van der Waals surface area (Å²) in [5.74, 6) is 4.56. The predicted molar refractivity (Wildman–Crippen MR) is 46.2 cm³/mol. The van der Waals surface area contributed by atoms with Gasteiger partial charge in [-0.25, -0.2) is 4.79 Å². The van der Waals surface area contributed by atoms with Crippen LogP contribution in [0.25, 0.3) is 0 Å². The summed E-state index contributed by atoms with van der Waals surface area (Å²) in [5, 5.41) is 8.51. The Morgan fingerprint density at radius 2 is 2.38 bits per heavy atom. The lowest BCUT2D eigenvalue weighted by atomic mass is 10.4. The van der Waals surface area contributed by atoms with Crippen molar-refractivity contribution in [1.29, 1.82) is 0 Å². The minimum atomic E-state index is -1.09. The lowest BCUT2D eigenvalue weighted by Gasteiger charge is -1.83. The third-order valence-electron chi connectivity index (χ3n) is 1.30. The van der Waals surface area contributed by atoms with E-state index in [2.05, 4.69) is 11.8 Å². The molecule has 0 aliphatic heterocycles. The van der Waals surface area contributed by atoms with Crippen LogP contribution in [0, 0.1) is 11.8 Å². The minimum absolute atomic E-state index is 0.1000. The first-order valence-electron chi connectivity index (χ1n) is 3.76. The van der Waals surface area contributed by atoms with Crippen molar-refractivity contribution >= 4 is 5.97 Å². The molecular weight excluding hydrogens is 170 g/mol. The van der Waals surface area contributed by atoms with Crippen molar-refractivity contribution in [3.8, 4) is 11.8 Å². The maximum atomic E-state index is 10.4. The lowest BCUT2D eigenvalue weighted by molar-refractivity contribution is 0.0662. The molecule has 1 aromatic heterocycles. The van der Waals surface area contributed by atoms with Gasteiger partial charge in [-0.2, -0.15) is 0 Å². The van der Waals surface area contributed by atoms with Crippen LogP contribution >= 0.6 is 0 Å². The van der Waals surface area contributed by atoms with E-state index in [9.17, 15) is 4.79 Å². The summed E-state index contributed by atoms with van der Waals surface area (Å²) in [6, 6.07) is 2.89. The highest BCUT2D eigenvalue weighted by Crippen LogP contribution is 2.05. The average molecular weight is 179 g/mol. The minimum Gasteiger partial charge on any atom is -0.475 e. The molecule has 4 heteroatoms. The summed E-state index contributed by atoms with van der Waals surface area (Å²) in [6.07, 6.45) is 0.573. The highest BCUT2D eigenvalue weighted by atomic mass is 16.4. The molecule has 0 atom stereocenters. The van der Waals surface area contributed by atoms with Crippen LogP contribution in [0.5, 0.6) is 0 Å². The monoisotopic (exact) mass is 179 g/mol. The van der Waals surface area contributed by atoms with Crippen molar-refractivity contribution in [2.75, 3.05) is 6.54 Å². The second kappa shape index (κ2) is 4.33. The zero-order chi connectivity index (χ0) is 9.68. The summed E-state index contributed by atoms with van der Waals surface area (Å²) in [6.45, 7) is 0.486. The average Bonchev–Trinajstić information content (AvgIpc) is 2.53. The third kappa shape index (κ3) is 2.65. The Hall–Kier alpha value is -1.73. The van der Waals surface area contributed by atoms with E-state index in [0.29, 0.717) is 18.7 Å². The second-order valence-corrected chi connectivity index (χ2v) is 2.31. The Morgan fingerprint density at radius 1 is 1.62 bits per heavy atom. The van der Waals surface area contributed by atoms with E-state index in [1.807, 2.05) is 0 Å². The first-order valence-corrected chi connectivity index (χ1v) is 3.76. The van der Waals surface area contributed by atoms with Gasteiger partial charge in [0, 0.05) is 13.0 Å². The van der Waals surface area contributed by atoms with Crippen LogP contribution in [0.15, 0.2) is 16.5 Å². The van der Waals surface area contributed by atoms with Crippen LogP contribution in [0.3, 0.4) is 0 Å². The molecule has 0 unspecified atom stereocenters. The third-order valence-corrected chi connectivity index (χ3v) is 1.30. The second-order valence-electron chi connectivity index (χ2n) is 2.31. The fraction of sp³-hybridized carbons (Fsp3) is 0.222. The number of aromatic carboxylic acids is 1. The summed E-state index contributed by atoms with van der Waals surface area (Å²) in [5.41, 5.74) is 5.22. The molecule has 3 N–H and O–H groups in total. The van der Waals surface area contributed by atoms with Crippen molar-refractivity contribution in [2.45, 2.75) is 6.42 Å². The molecule has 0 aliphatic carbocycles. The van der Waals surface area contributed by atoms with Gasteiger partial charge in [0.1, 0.15) is 0 Å². The molecule has 0 spiro atoms. The van der Waals surface area contributed by atoms with E-state index < -0.39 is 5.97 Å². The normalized spacial score (nSPS) is 9.00. The van der Waals surface area contributed by atoms with E-state index in [0.717, 1.165) is 0 Å². The van der Waals surface area contributed by atoms with E-state index in [1.165, 1.54) is 12.1 Å². The van der Waals surface area contributed by atoms with Crippen LogP contribution in [0.2, 0.25) is 0 Å². The van der Waals surface area contributed by atoms with Crippen molar-refractivity contribution in [1.82, 2.24) is 0 Å². The molecule has 4 nitrogen and oxygen atoms in total. The van der Waals surface area contributed by atoms with Crippen LogP contribution in [0.4, 0.5) is 0 Å². The molecular formula is C9H9NO3. The highest BCUT2D eigenvalue weighted by Gasteiger charge is 2.06. The number of furan rings is 1. The number of carboxylic acids is 1. The SMILES string of the molecule is NCCC#Cc1ccc(C(=O)O)o1. The van der Waals surface area contributed by atoms with Gasteiger partial charge in [-0.15, -0.1) is 0 Å². The molecule has 0 bridgehead atoms. The van der Waals surface area contributed by atoms with Gasteiger partial charge in [0.15, 0.2) is 5.76 Å². The van der Waals surface area contributed by atoms with Gasteiger partial charge >= 0.3 is 5.97 Å². The zero-order valence-electron chi connectivity index (χ0n) is 6.91. The maximum Gasteiger partial charge on any atom is 0.371 e. The predicted octanol–water partition coefficient (Wildman–Crippen LogP) is 0.678. The molecule has 0 radical (unpaired) electrons. The summed E-state index contributed by atoms with van der Waals surface area (Å²) in [7, 11) is 0. The first-order chi connectivity index (χ1) is 6.24. The summed E-state index contributed by atoms with van der Waals surface area (Å²) in [4.78, 5) is 10.4. The van der Waals surface area contributed by atoms with Crippen molar-refractivity contribution < 1.29 is 14.3 Å². The number of hydrogen-bond acceptors (Lipinski definition) is 3. The van der Waals surface area contributed by atoms with E-state index in [1.54, 1.807) is 0 Å². The van der Waals surface area contributed by atoms with Gasteiger partial charge in [-0.1, -0.05) is 5.92 Å². The Morgan fingerprint density at radius 3 is 2.92 bits per heavy atom. The van der Waals surface area contributed by atoms with Gasteiger partial charge in [0.2, 0.25) is 5.76 Å². The number of carbonyl (C=O) groups is 1. The fourth-order valence-electron chi connectivity index (χ4n) is 0.742. The molecule has 1 heterocycles. The maximum absolute atomic E-state index is 10.4. The smallest absolute Gasteiger partial charge is 0.371 e. The molecule has 0 aliphatic rings. The van der Waals surface area contributed by atoms with Crippen LogP contribution in [-0.2, 0) is 0 Å². The number of rotatable bonds is 2. The highest BCUT2D eigenvalue weighted by molar-refractivity contribution is 5.84. The van der Waals surface area contributed by atoms with Gasteiger partial charge in [0.05, 0.1) is 0 Å². The first kappa shape index (κ1) is 9.36. The Labute approximate surface area is 75.3 Å². The quantitative estimate of drug-likeness (QED) is 0.654. The van der Waals surface area contributed by atoms with Crippen LogP contribution in [0.1, 0.15) is 22.7 Å². The molecule has 0 fully saturated rings. The van der Waals surface area contributed by atoms with Crippen LogP contribution < -0.4 is 5.73 Å². The van der Waals surface area contributed by atoms with Gasteiger partial charge in [-0.3, -0.25) is 0 Å². The molecule has 68 valence electrons. The van der Waals surface area contributed by atoms with Crippen molar-refractivity contribution in [2.24, 2.45) is 5.73 Å². The van der Waals surface area contributed by atoms with Gasteiger partial charge in [-0.05, 0) is 18.1 Å². The molecule has 0 amide bonds. The number of nitrogens with two attached hydrogens (primary N) is 1. The Balaban J connectivity index is 2.71. The summed E-state index contributed by atoms with van der Waals surface area (Å²) >= 11 is 0. The summed E-state index contributed by atoms with van der Waals surface area (Å²) < 4.78 is 4.88. The van der Waals surface area contributed by atoms with E-state index in [4.69, 9.17) is 15.3 Å². The molecule has 0 saturated heterocycles. The molecule has 13 heavy (non-hydrogen) atoms. The fourth-order valence-corrected chi connectivity index (χ4v) is 0.742. The van der Waals surface area contributed by atoms with Gasteiger partial charge in [0.25, 0.3) is 0 Å². The lowest BCUT2D eigenvalue weighted by Crippen LogP contribution is -1.95. The van der Waals surface area contributed by atoms with E-state index >= 15 is 0 Å². The van der Waals surface area contributed by atoms with E-state index in [-0.39, 0.29) is 5.76 Å².